The summed E-state index contributed by atoms with van der Waals surface area (Å²) in [4.78, 5) is 12.9. The minimum atomic E-state index is -3.70. The lowest BCUT2D eigenvalue weighted by atomic mass is 10.1. The number of anilines is 2. The standard InChI is InChI=1S/C20H25ClN2O3S/c1-5-15-8-11-17(12-9-15)22-20(24)18(6-2)23(27(4,25)26)19-13-16(21)10-7-14(19)3/h7-13,18H,5-6H2,1-4H3,(H,22,24)/t18-/m0/s1. The van der Waals surface area contributed by atoms with Crippen LogP contribution in [0.2, 0.25) is 5.02 Å². The molecule has 0 saturated carbocycles. The second-order valence-electron chi connectivity index (χ2n) is 6.45. The van der Waals surface area contributed by atoms with Crippen molar-refractivity contribution in [3.63, 3.8) is 0 Å². The largest absolute Gasteiger partial charge is 0.324 e. The molecular weight excluding hydrogens is 384 g/mol. The van der Waals surface area contributed by atoms with Gasteiger partial charge in [0.15, 0.2) is 0 Å². The predicted octanol–water partition coefficient (Wildman–Crippen LogP) is 4.39. The first-order valence-corrected chi connectivity index (χ1v) is 11.0. The van der Waals surface area contributed by atoms with Gasteiger partial charge < -0.3 is 5.32 Å². The van der Waals surface area contributed by atoms with Gasteiger partial charge in [-0.25, -0.2) is 8.42 Å². The van der Waals surface area contributed by atoms with Crippen LogP contribution in [0.25, 0.3) is 0 Å². The second kappa shape index (κ2) is 8.76. The van der Waals surface area contributed by atoms with E-state index >= 15 is 0 Å². The van der Waals surface area contributed by atoms with Gasteiger partial charge in [0.2, 0.25) is 15.9 Å². The third kappa shape index (κ3) is 5.23. The number of hydrogen-bond acceptors (Lipinski definition) is 3. The molecule has 2 aromatic rings. The van der Waals surface area contributed by atoms with E-state index in [0.717, 1.165) is 28.1 Å². The zero-order valence-corrected chi connectivity index (χ0v) is 17.6. The van der Waals surface area contributed by atoms with E-state index in [1.54, 1.807) is 32.0 Å². The number of aryl methyl sites for hydroxylation is 2. The van der Waals surface area contributed by atoms with Crippen LogP contribution in [0.1, 0.15) is 31.4 Å². The van der Waals surface area contributed by atoms with Crippen molar-refractivity contribution in [3.05, 3.63) is 58.6 Å². The number of amides is 1. The minimum absolute atomic E-state index is 0.317. The lowest BCUT2D eigenvalue weighted by molar-refractivity contribution is -0.117. The first-order chi connectivity index (χ1) is 12.7. The minimum Gasteiger partial charge on any atom is -0.324 e. The quantitative estimate of drug-likeness (QED) is 0.738. The molecule has 0 aliphatic carbocycles. The molecule has 0 bridgehead atoms. The van der Waals surface area contributed by atoms with Crippen LogP contribution in [0.15, 0.2) is 42.5 Å². The Bertz CT molecular complexity index is 911. The number of sulfonamides is 1. The molecule has 1 amide bonds. The van der Waals surface area contributed by atoms with Gasteiger partial charge in [-0.05, 0) is 55.2 Å². The fourth-order valence-corrected chi connectivity index (χ4v) is 4.33. The van der Waals surface area contributed by atoms with E-state index in [-0.39, 0.29) is 5.91 Å². The van der Waals surface area contributed by atoms with E-state index in [2.05, 4.69) is 12.2 Å². The van der Waals surface area contributed by atoms with Crippen molar-refractivity contribution in [3.8, 4) is 0 Å². The molecule has 0 aromatic heterocycles. The van der Waals surface area contributed by atoms with Gasteiger partial charge >= 0.3 is 0 Å². The third-order valence-corrected chi connectivity index (χ3v) is 5.77. The van der Waals surface area contributed by atoms with Gasteiger partial charge in [-0.15, -0.1) is 0 Å². The lowest BCUT2D eigenvalue weighted by Crippen LogP contribution is -2.47. The maximum atomic E-state index is 12.9. The molecule has 0 fully saturated rings. The Balaban J connectivity index is 2.39. The van der Waals surface area contributed by atoms with Gasteiger partial charge in [0, 0.05) is 10.7 Å². The van der Waals surface area contributed by atoms with Crippen LogP contribution in [-0.2, 0) is 21.2 Å². The monoisotopic (exact) mass is 408 g/mol. The molecule has 0 saturated heterocycles. The molecule has 2 aromatic carbocycles. The molecule has 0 unspecified atom stereocenters. The molecule has 0 radical (unpaired) electrons. The number of carbonyl (C=O) groups is 1. The molecule has 146 valence electrons. The summed E-state index contributed by atoms with van der Waals surface area (Å²) >= 11 is 6.07. The van der Waals surface area contributed by atoms with Crippen molar-refractivity contribution < 1.29 is 13.2 Å². The van der Waals surface area contributed by atoms with Crippen molar-refractivity contribution in [2.75, 3.05) is 15.9 Å². The average molecular weight is 409 g/mol. The van der Waals surface area contributed by atoms with E-state index in [1.165, 1.54) is 0 Å². The van der Waals surface area contributed by atoms with Crippen molar-refractivity contribution in [2.24, 2.45) is 0 Å². The fraction of sp³-hybridized carbons (Fsp3) is 0.350. The van der Waals surface area contributed by atoms with Crippen LogP contribution in [-0.4, -0.2) is 26.6 Å². The van der Waals surface area contributed by atoms with Crippen molar-refractivity contribution >= 4 is 38.9 Å². The third-order valence-electron chi connectivity index (χ3n) is 4.37. The van der Waals surface area contributed by atoms with Crippen LogP contribution >= 0.6 is 11.6 Å². The molecule has 5 nitrogen and oxygen atoms in total. The highest BCUT2D eigenvalue weighted by molar-refractivity contribution is 7.92. The molecule has 0 heterocycles. The van der Waals surface area contributed by atoms with Gasteiger partial charge in [0.1, 0.15) is 6.04 Å². The normalized spacial score (nSPS) is 12.5. The maximum Gasteiger partial charge on any atom is 0.248 e. The Morgan fingerprint density at radius 3 is 2.30 bits per heavy atom. The summed E-state index contributed by atoms with van der Waals surface area (Å²) in [5, 5.41) is 3.23. The Kier molecular flexibility index (Phi) is 6.89. The highest BCUT2D eigenvalue weighted by Gasteiger charge is 2.32. The Morgan fingerprint density at radius 2 is 1.78 bits per heavy atom. The van der Waals surface area contributed by atoms with Gasteiger partial charge in [-0.1, -0.05) is 43.6 Å². The molecule has 7 heteroatoms. The molecule has 0 aliphatic heterocycles. The number of benzene rings is 2. The van der Waals surface area contributed by atoms with Crippen LogP contribution < -0.4 is 9.62 Å². The first-order valence-electron chi connectivity index (χ1n) is 8.82. The smallest absolute Gasteiger partial charge is 0.248 e. The summed E-state index contributed by atoms with van der Waals surface area (Å²) in [6.07, 6.45) is 2.32. The number of halogens is 1. The lowest BCUT2D eigenvalue weighted by Gasteiger charge is -2.31. The second-order valence-corrected chi connectivity index (χ2v) is 8.75. The summed E-state index contributed by atoms with van der Waals surface area (Å²) in [6.45, 7) is 5.62. The molecule has 1 N–H and O–H groups in total. The van der Waals surface area contributed by atoms with Gasteiger partial charge in [-0.3, -0.25) is 9.10 Å². The van der Waals surface area contributed by atoms with E-state index in [4.69, 9.17) is 11.6 Å². The van der Waals surface area contributed by atoms with Crippen molar-refractivity contribution in [2.45, 2.75) is 39.7 Å². The topological polar surface area (TPSA) is 66.5 Å². The molecule has 27 heavy (non-hydrogen) atoms. The van der Waals surface area contributed by atoms with Crippen LogP contribution in [0.5, 0.6) is 0 Å². The van der Waals surface area contributed by atoms with E-state index in [9.17, 15) is 13.2 Å². The van der Waals surface area contributed by atoms with Gasteiger partial charge in [0.05, 0.1) is 11.9 Å². The fourth-order valence-electron chi connectivity index (χ4n) is 2.90. The molecule has 0 spiro atoms. The predicted molar refractivity (Wildman–Crippen MR) is 112 cm³/mol. The van der Waals surface area contributed by atoms with Gasteiger partial charge in [-0.2, -0.15) is 0 Å². The number of nitrogens with one attached hydrogen (secondary N) is 1. The molecule has 2 rings (SSSR count). The van der Waals surface area contributed by atoms with E-state index < -0.39 is 16.1 Å². The number of carbonyl (C=O) groups excluding carboxylic acids is 1. The summed E-state index contributed by atoms with van der Waals surface area (Å²) in [5.74, 6) is -0.383. The zero-order chi connectivity index (χ0) is 20.2. The maximum absolute atomic E-state index is 12.9. The summed E-state index contributed by atoms with van der Waals surface area (Å²) in [5.41, 5.74) is 2.93. The Morgan fingerprint density at radius 1 is 1.15 bits per heavy atom. The Hall–Kier alpha value is -2.05. The number of hydrogen-bond donors (Lipinski definition) is 1. The summed E-state index contributed by atoms with van der Waals surface area (Å²) < 4.78 is 26.2. The van der Waals surface area contributed by atoms with Crippen LogP contribution in [0.3, 0.4) is 0 Å². The molecular formula is C20H25ClN2O3S. The van der Waals surface area contributed by atoms with E-state index in [0.29, 0.717) is 22.8 Å². The highest BCUT2D eigenvalue weighted by atomic mass is 35.5. The van der Waals surface area contributed by atoms with E-state index in [1.807, 2.05) is 24.3 Å². The van der Waals surface area contributed by atoms with Gasteiger partial charge in [0.25, 0.3) is 0 Å². The first kappa shape index (κ1) is 21.3. The Labute approximate surface area is 166 Å². The van der Waals surface area contributed by atoms with Crippen molar-refractivity contribution in [1.29, 1.82) is 0 Å². The number of nitrogens with zero attached hydrogens (tertiary/aromatic N) is 1. The number of rotatable bonds is 7. The highest BCUT2D eigenvalue weighted by Crippen LogP contribution is 2.29. The SMILES string of the molecule is CCc1ccc(NC(=O)[C@H](CC)N(c2cc(Cl)ccc2C)S(C)(=O)=O)cc1. The van der Waals surface area contributed by atoms with Crippen LogP contribution in [0.4, 0.5) is 11.4 Å². The summed E-state index contributed by atoms with van der Waals surface area (Å²) in [7, 11) is -3.70. The molecule has 1 atom stereocenters. The molecule has 0 aliphatic rings. The zero-order valence-electron chi connectivity index (χ0n) is 16.0. The van der Waals surface area contributed by atoms with Crippen molar-refractivity contribution in [1.82, 2.24) is 0 Å². The average Bonchev–Trinajstić information content (AvgIpc) is 2.61. The summed E-state index contributed by atoms with van der Waals surface area (Å²) in [6, 6.07) is 11.6. The van der Waals surface area contributed by atoms with Crippen LogP contribution in [0, 0.1) is 6.92 Å².